The summed E-state index contributed by atoms with van der Waals surface area (Å²) in [5.41, 5.74) is -2.35. The average molecular weight is 397 g/mol. The van der Waals surface area contributed by atoms with E-state index in [1.54, 1.807) is 20.8 Å². The lowest BCUT2D eigenvalue weighted by molar-refractivity contribution is -0.137. The number of nitrogens with zero attached hydrogens (tertiary/aromatic N) is 1. The molecule has 28 heavy (non-hydrogen) atoms. The summed E-state index contributed by atoms with van der Waals surface area (Å²) >= 11 is 0. The minimum absolute atomic E-state index is 0.0132. The first kappa shape index (κ1) is 21.0. The highest BCUT2D eigenvalue weighted by Gasteiger charge is 2.31. The molecule has 2 rings (SSSR count). The molecular weight excluding hydrogens is 379 g/mol. The summed E-state index contributed by atoms with van der Waals surface area (Å²) in [4.78, 5) is 28.2. The van der Waals surface area contributed by atoms with Crippen LogP contribution in [0.2, 0.25) is 0 Å². The van der Waals surface area contributed by atoms with Gasteiger partial charge in [0.2, 0.25) is 0 Å². The number of rotatable bonds is 3. The number of benzene rings is 1. The number of hydrogen-bond donors (Lipinski definition) is 3. The number of carbonyl (C=O) groups is 2. The molecule has 7 nitrogen and oxygen atoms in total. The van der Waals surface area contributed by atoms with Crippen LogP contribution in [0.25, 0.3) is 0 Å². The van der Waals surface area contributed by atoms with Crippen LogP contribution in [0.3, 0.4) is 0 Å². The van der Waals surface area contributed by atoms with Gasteiger partial charge in [0.05, 0.1) is 28.7 Å². The van der Waals surface area contributed by atoms with Crippen LogP contribution < -0.4 is 10.6 Å². The number of alkyl halides is 3. The SMILES string of the molecule is CC(C)(C)OC(=O)Nc1cnccc1C(=O)Nc1cc(C(F)(F)F)ccc1O. The van der Waals surface area contributed by atoms with Crippen LogP contribution in [-0.2, 0) is 10.9 Å². The average Bonchev–Trinajstić information content (AvgIpc) is 2.54. The molecule has 0 saturated carbocycles. The number of aromatic hydroxyl groups is 1. The molecule has 0 bridgehead atoms. The number of carbonyl (C=O) groups excluding carboxylic acids is 2. The third-order valence-corrected chi connectivity index (χ3v) is 3.27. The summed E-state index contributed by atoms with van der Waals surface area (Å²) in [6.07, 6.45) is -3.03. The molecular formula is C18H18F3N3O4. The van der Waals surface area contributed by atoms with Crippen molar-refractivity contribution in [3.8, 4) is 5.75 Å². The topological polar surface area (TPSA) is 101 Å². The molecule has 0 aliphatic rings. The molecule has 0 saturated heterocycles. The summed E-state index contributed by atoms with van der Waals surface area (Å²) < 4.78 is 43.6. The molecule has 150 valence electrons. The molecule has 0 atom stereocenters. The van der Waals surface area contributed by atoms with Crippen molar-refractivity contribution in [1.82, 2.24) is 4.98 Å². The Morgan fingerprint density at radius 1 is 1.07 bits per heavy atom. The largest absolute Gasteiger partial charge is 0.506 e. The Balaban J connectivity index is 2.25. The van der Waals surface area contributed by atoms with E-state index in [0.717, 1.165) is 6.07 Å². The van der Waals surface area contributed by atoms with E-state index in [-0.39, 0.29) is 11.3 Å². The minimum atomic E-state index is -4.65. The second kappa shape index (κ2) is 7.75. The fraction of sp³-hybridized carbons (Fsp3) is 0.278. The Kier molecular flexibility index (Phi) is 5.81. The molecule has 0 spiro atoms. The fourth-order valence-electron chi connectivity index (χ4n) is 2.11. The zero-order valence-corrected chi connectivity index (χ0v) is 15.2. The van der Waals surface area contributed by atoms with Crippen molar-refractivity contribution in [1.29, 1.82) is 0 Å². The van der Waals surface area contributed by atoms with Crippen LogP contribution in [0, 0.1) is 0 Å². The highest BCUT2D eigenvalue weighted by atomic mass is 19.4. The lowest BCUT2D eigenvalue weighted by Gasteiger charge is -2.20. The maximum absolute atomic E-state index is 12.8. The van der Waals surface area contributed by atoms with Crippen LogP contribution in [0.5, 0.6) is 5.75 Å². The number of phenolic OH excluding ortho intramolecular Hbond substituents is 1. The molecule has 2 aromatic rings. The van der Waals surface area contributed by atoms with Gasteiger partial charge in [-0.25, -0.2) is 4.79 Å². The summed E-state index contributed by atoms with van der Waals surface area (Å²) in [6.45, 7) is 4.96. The van der Waals surface area contributed by atoms with Gasteiger partial charge in [-0.05, 0) is 45.0 Å². The molecule has 2 amide bonds. The highest BCUT2D eigenvalue weighted by molar-refractivity contribution is 6.10. The molecule has 1 heterocycles. The number of nitrogens with one attached hydrogen (secondary N) is 2. The van der Waals surface area contributed by atoms with Crippen molar-refractivity contribution in [3.63, 3.8) is 0 Å². The predicted octanol–water partition coefficient (Wildman–Crippen LogP) is 4.41. The lowest BCUT2D eigenvalue weighted by atomic mass is 10.1. The molecule has 0 radical (unpaired) electrons. The number of ether oxygens (including phenoxy) is 1. The van der Waals surface area contributed by atoms with E-state index in [1.807, 2.05) is 0 Å². The molecule has 1 aromatic heterocycles. The second-order valence-electron chi connectivity index (χ2n) is 6.73. The van der Waals surface area contributed by atoms with Gasteiger partial charge in [-0.2, -0.15) is 13.2 Å². The Bertz CT molecular complexity index is 892. The van der Waals surface area contributed by atoms with E-state index in [4.69, 9.17) is 4.74 Å². The number of pyridine rings is 1. The third-order valence-electron chi connectivity index (χ3n) is 3.27. The first-order chi connectivity index (χ1) is 12.9. The Morgan fingerprint density at radius 3 is 2.36 bits per heavy atom. The zero-order chi connectivity index (χ0) is 21.1. The first-order valence-electron chi connectivity index (χ1n) is 8.02. The van der Waals surface area contributed by atoms with Gasteiger partial charge in [-0.15, -0.1) is 0 Å². The van der Waals surface area contributed by atoms with Gasteiger partial charge in [-0.3, -0.25) is 15.1 Å². The van der Waals surface area contributed by atoms with E-state index < -0.39 is 40.8 Å². The summed E-state index contributed by atoms with van der Waals surface area (Å²) in [5, 5.41) is 14.3. The molecule has 0 fully saturated rings. The Morgan fingerprint density at radius 2 is 1.75 bits per heavy atom. The van der Waals surface area contributed by atoms with E-state index in [9.17, 15) is 27.9 Å². The van der Waals surface area contributed by atoms with Crippen LogP contribution in [0.15, 0.2) is 36.7 Å². The van der Waals surface area contributed by atoms with Crippen LogP contribution in [-0.4, -0.2) is 27.7 Å². The molecule has 10 heteroatoms. The number of aromatic nitrogens is 1. The van der Waals surface area contributed by atoms with Crippen molar-refractivity contribution in [2.75, 3.05) is 10.6 Å². The van der Waals surface area contributed by atoms with Crippen LogP contribution >= 0.6 is 0 Å². The maximum atomic E-state index is 12.8. The van der Waals surface area contributed by atoms with Gasteiger partial charge in [-0.1, -0.05) is 0 Å². The zero-order valence-electron chi connectivity index (χ0n) is 15.2. The van der Waals surface area contributed by atoms with Gasteiger partial charge in [0.25, 0.3) is 5.91 Å². The van der Waals surface area contributed by atoms with Gasteiger partial charge >= 0.3 is 12.3 Å². The molecule has 0 aliphatic heterocycles. The number of hydrogen-bond acceptors (Lipinski definition) is 5. The standard InChI is InChI=1S/C18H18F3N3O4/c1-17(2,3)28-16(27)24-13-9-22-7-6-11(13)15(26)23-12-8-10(18(19,20)21)4-5-14(12)25/h4-9,25H,1-3H3,(H,23,26)(H,24,27). The van der Waals surface area contributed by atoms with Crippen LogP contribution in [0.4, 0.5) is 29.3 Å². The molecule has 1 aromatic carbocycles. The van der Waals surface area contributed by atoms with E-state index in [0.29, 0.717) is 12.1 Å². The number of amides is 2. The van der Waals surface area contributed by atoms with Crippen molar-refractivity contribution in [2.24, 2.45) is 0 Å². The van der Waals surface area contributed by atoms with Crippen molar-refractivity contribution in [3.05, 3.63) is 47.8 Å². The smallest absolute Gasteiger partial charge is 0.416 e. The summed E-state index contributed by atoms with van der Waals surface area (Å²) in [6, 6.07) is 3.37. The fourth-order valence-corrected chi connectivity index (χ4v) is 2.11. The Labute approximate surface area is 158 Å². The molecule has 0 aliphatic carbocycles. The van der Waals surface area contributed by atoms with Gasteiger partial charge < -0.3 is 15.2 Å². The maximum Gasteiger partial charge on any atom is 0.416 e. The summed E-state index contributed by atoms with van der Waals surface area (Å²) in [5.74, 6) is -1.40. The van der Waals surface area contributed by atoms with Crippen LogP contribution in [0.1, 0.15) is 36.7 Å². The van der Waals surface area contributed by atoms with E-state index in [1.165, 1.54) is 18.5 Å². The normalized spacial score (nSPS) is 11.6. The summed E-state index contributed by atoms with van der Waals surface area (Å²) in [7, 11) is 0. The quantitative estimate of drug-likeness (QED) is 0.667. The van der Waals surface area contributed by atoms with E-state index >= 15 is 0 Å². The first-order valence-corrected chi connectivity index (χ1v) is 8.02. The van der Waals surface area contributed by atoms with Gasteiger partial charge in [0.1, 0.15) is 11.4 Å². The third kappa shape index (κ3) is 5.60. The van der Waals surface area contributed by atoms with Crippen molar-refractivity contribution < 1.29 is 32.6 Å². The second-order valence-corrected chi connectivity index (χ2v) is 6.73. The minimum Gasteiger partial charge on any atom is -0.506 e. The predicted molar refractivity (Wildman–Crippen MR) is 95.2 cm³/mol. The molecule has 0 unspecified atom stereocenters. The van der Waals surface area contributed by atoms with E-state index in [2.05, 4.69) is 15.6 Å². The number of anilines is 2. The number of phenols is 1. The highest BCUT2D eigenvalue weighted by Crippen LogP contribution is 2.34. The van der Waals surface area contributed by atoms with Gasteiger partial charge in [0, 0.05) is 6.20 Å². The van der Waals surface area contributed by atoms with Crippen molar-refractivity contribution >= 4 is 23.4 Å². The lowest BCUT2D eigenvalue weighted by Crippen LogP contribution is -2.28. The molecule has 3 N–H and O–H groups in total. The van der Waals surface area contributed by atoms with Gasteiger partial charge in [0.15, 0.2) is 0 Å². The van der Waals surface area contributed by atoms with Crippen molar-refractivity contribution in [2.45, 2.75) is 32.5 Å². The monoisotopic (exact) mass is 397 g/mol. The Hall–Kier alpha value is -3.30. The number of halogens is 3.